The fourth-order valence-electron chi connectivity index (χ4n) is 3.70. The Balaban J connectivity index is 1.56. The highest BCUT2D eigenvalue weighted by Gasteiger charge is 2.28. The van der Waals surface area contributed by atoms with Crippen molar-refractivity contribution < 1.29 is 4.79 Å². The van der Waals surface area contributed by atoms with Crippen molar-refractivity contribution >= 4 is 23.2 Å². The number of nitrogens with zero attached hydrogens (tertiary/aromatic N) is 3. The third-order valence-corrected chi connectivity index (χ3v) is 5.33. The van der Waals surface area contributed by atoms with E-state index >= 15 is 0 Å². The number of carbonyl (C=O) groups is 1. The van der Waals surface area contributed by atoms with Crippen molar-refractivity contribution in [1.82, 2.24) is 4.98 Å². The molecule has 0 spiro atoms. The van der Waals surface area contributed by atoms with Crippen molar-refractivity contribution in [3.05, 3.63) is 83.6 Å². The number of rotatable bonds is 4. The van der Waals surface area contributed by atoms with E-state index < -0.39 is 0 Å². The molecule has 1 N–H and O–H groups in total. The first kappa shape index (κ1) is 19.0. The molecule has 0 unspecified atom stereocenters. The number of para-hydroxylation sites is 1. The van der Waals surface area contributed by atoms with E-state index in [1.54, 1.807) is 11.1 Å². The minimum Gasteiger partial charge on any atom is -0.349 e. The number of urea groups is 1. The Morgan fingerprint density at radius 3 is 2.62 bits per heavy atom. The molecular weight excluding hydrogens is 360 g/mol. The third kappa shape index (κ3) is 4.09. The standard InChI is InChI=1S/C24H26N4O/c1-3-20-7-4-5-8-21(20)26-24(29)28-16-15-27(23-22(28)9-6-14-25-23)17-19-12-10-18(2)11-13-19/h4-14H,3,15-17H2,1-2H3,(H,26,29). The van der Waals surface area contributed by atoms with Crippen molar-refractivity contribution in [3.8, 4) is 0 Å². The zero-order chi connectivity index (χ0) is 20.2. The van der Waals surface area contributed by atoms with Crippen LogP contribution in [0.5, 0.6) is 0 Å². The lowest BCUT2D eigenvalue weighted by atomic mass is 10.1. The summed E-state index contributed by atoms with van der Waals surface area (Å²) in [6.45, 7) is 6.31. The van der Waals surface area contributed by atoms with E-state index in [-0.39, 0.29) is 6.03 Å². The number of anilines is 3. The fraction of sp³-hybridized carbons (Fsp3) is 0.250. The van der Waals surface area contributed by atoms with Crippen LogP contribution in [0.25, 0.3) is 0 Å². The summed E-state index contributed by atoms with van der Waals surface area (Å²) in [4.78, 5) is 21.7. The number of hydrogen-bond acceptors (Lipinski definition) is 3. The molecule has 5 heteroatoms. The highest BCUT2D eigenvalue weighted by Crippen LogP contribution is 2.32. The average Bonchev–Trinajstić information content (AvgIpc) is 2.76. The number of amides is 2. The van der Waals surface area contributed by atoms with E-state index in [0.29, 0.717) is 6.54 Å². The molecule has 2 aromatic carbocycles. The molecule has 0 atom stereocenters. The topological polar surface area (TPSA) is 48.5 Å². The Kier molecular flexibility index (Phi) is 5.47. The molecule has 2 heterocycles. The molecule has 0 bridgehead atoms. The molecule has 148 valence electrons. The van der Waals surface area contributed by atoms with Crippen LogP contribution in [0.3, 0.4) is 0 Å². The Morgan fingerprint density at radius 2 is 1.83 bits per heavy atom. The molecule has 2 amide bonds. The molecule has 1 aliphatic rings. The van der Waals surface area contributed by atoms with Crippen molar-refractivity contribution in [2.24, 2.45) is 0 Å². The van der Waals surface area contributed by atoms with Crippen molar-refractivity contribution in [2.45, 2.75) is 26.8 Å². The molecule has 4 rings (SSSR count). The molecule has 0 aliphatic carbocycles. The SMILES string of the molecule is CCc1ccccc1NC(=O)N1CCN(Cc2ccc(C)cc2)c2ncccc21. The van der Waals surface area contributed by atoms with Crippen LogP contribution in [-0.2, 0) is 13.0 Å². The number of hydrogen-bond donors (Lipinski definition) is 1. The van der Waals surface area contributed by atoms with E-state index in [1.165, 1.54) is 11.1 Å². The summed E-state index contributed by atoms with van der Waals surface area (Å²) in [6.07, 6.45) is 2.66. The molecule has 5 nitrogen and oxygen atoms in total. The predicted molar refractivity (Wildman–Crippen MR) is 119 cm³/mol. The molecule has 1 aliphatic heterocycles. The van der Waals surface area contributed by atoms with Crippen LogP contribution < -0.4 is 15.1 Å². The van der Waals surface area contributed by atoms with Crippen molar-refractivity contribution in [1.29, 1.82) is 0 Å². The number of nitrogens with one attached hydrogen (secondary N) is 1. The summed E-state index contributed by atoms with van der Waals surface area (Å²) < 4.78 is 0. The summed E-state index contributed by atoms with van der Waals surface area (Å²) in [6, 6.07) is 20.2. The zero-order valence-corrected chi connectivity index (χ0v) is 16.9. The van der Waals surface area contributed by atoms with Gasteiger partial charge in [0.2, 0.25) is 0 Å². The van der Waals surface area contributed by atoms with Crippen LogP contribution in [0.4, 0.5) is 22.0 Å². The number of benzene rings is 2. The van der Waals surface area contributed by atoms with Gasteiger partial charge in [-0.2, -0.15) is 0 Å². The second-order valence-corrected chi connectivity index (χ2v) is 7.35. The van der Waals surface area contributed by atoms with Crippen LogP contribution >= 0.6 is 0 Å². The van der Waals surface area contributed by atoms with Gasteiger partial charge in [0.15, 0.2) is 5.82 Å². The van der Waals surface area contributed by atoms with Gasteiger partial charge >= 0.3 is 6.03 Å². The van der Waals surface area contributed by atoms with Gasteiger partial charge in [-0.1, -0.05) is 55.0 Å². The van der Waals surface area contributed by atoms with E-state index in [2.05, 4.69) is 53.3 Å². The summed E-state index contributed by atoms with van der Waals surface area (Å²) in [7, 11) is 0. The lowest BCUT2D eigenvalue weighted by Gasteiger charge is -2.36. The number of aromatic nitrogens is 1. The lowest BCUT2D eigenvalue weighted by molar-refractivity contribution is 0.256. The van der Waals surface area contributed by atoms with Gasteiger partial charge in [0.25, 0.3) is 0 Å². The number of pyridine rings is 1. The van der Waals surface area contributed by atoms with E-state index in [0.717, 1.165) is 42.3 Å². The monoisotopic (exact) mass is 386 g/mol. The molecule has 0 fully saturated rings. The predicted octanol–water partition coefficient (Wildman–Crippen LogP) is 5.01. The van der Waals surface area contributed by atoms with Gasteiger partial charge in [0, 0.05) is 31.5 Å². The molecule has 3 aromatic rings. The average molecular weight is 386 g/mol. The van der Waals surface area contributed by atoms with Gasteiger partial charge < -0.3 is 10.2 Å². The number of fused-ring (bicyclic) bond motifs is 1. The van der Waals surface area contributed by atoms with Crippen molar-refractivity contribution in [3.63, 3.8) is 0 Å². The summed E-state index contributed by atoms with van der Waals surface area (Å²) in [5.41, 5.74) is 5.33. The smallest absolute Gasteiger partial charge is 0.326 e. The van der Waals surface area contributed by atoms with Crippen LogP contribution in [0.1, 0.15) is 23.6 Å². The quantitative estimate of drug-likeness (QED) is 0.686. The number of carbonyl (C=O) groups excluding carboxylic acids is 1. The Bertz CT molecular complexity index is 1000. The highest BCUT2D eigenvalue weighted by atomic mass is 16.2. The molecule has 0 radical (unpaired) electrons. The molecule has 29 heavy (non-hydrogen) atoms. The summed E-state index contributed by atoms with van der Waals surface area (Å²) >= 11 is 0. The number of aryl methyl sites for hydroxylation is 2. The van der Waals surface area contributed by atoms with Crippen LogP contribution in [0.15, 0.2) is 66.9 Å². The lowest BCUT2D eigenvalue weighted by Crippen LogP contribution is -2.46. The van der Waals surface area contributed by atoms with Gasteiger partial charge in [-0.25, -0.2) is 9.78 Å². The summed E-state index contributed by atoms with van der Waals surface area (Å²) in [5.74, 6) is 0.846. The van der Waals surface area contributed by atoms with Gasteiger partial charge in [0.1, 0.15) is 0 Å². The highest BCUT2D eigenvalue weighted by molar-refractivity contribution is 6.04. The minimum atomic E-state index is -0.116. The minimum absolute atomic E-state index is 0.116. The van der Waals surface area contributed by atoms with Crippen molar-refractivity contribution in [2.75, 3.05) is 28.2 Å². The van der Waals surface area contributed by atoms with E-state index in [1.807, 2.05) is 36.4 Å². The first-order valence-electron chi connectivity index (χ1n) is 10.1. The Labute approximate surface area is 172 Å². The maximum atomic E-state index is 13.1. The van der Waals surface area contributed by atoms with Gasteiger partial charge in [-0.3, -0.25) is 4.90 Å². The molecule has 0 saturated carbocycles. The third-order valence-electron chi connectivity index (χ3n) is 5.33. The Hall–Kier alpha value is -3.34. The van der Waals surface area contributed by atoms with E-state index in [9.17, 15) is 4.79 Å². The first-order chi connectivity index (χ1) is 14.2. The fourth-order valence-corrected chi connectivity index (χ4v) is 3.70. The maximum Gasteiger partial charge on any atom is 0.326 e. The molecule has 0 saturated heterocycles. The van der Waals surface area contributed by atoms with Crippen LogP contribution in [0.2, 0.25) is 0 Å². The first-order valence-corrected chi connectivity index (χ1v) is 10.1. The largest absolute Gasteiger partial charge is 0.349 e. The van der Waals surface area contributed by atoms with Crippen LogP contribution in [-0.4, -0.2) is 24.1 Å². The van der Waals surface area contributed by atoms with Crippen LogP contribution in [0, 0.1) is 6.92 Å². The molecular formula is C24H26N4O. The summed E-state index contributed by atoms with van der Waals surface area (Å²) in [5, 5.41) is 3.08. The molecule has 1 aromatic heterocycles. The van der Waals surface area contributed by atoms with Gasteiger partial charge in [-0.15, -0.1) is 0 Å². The van der Waals surface area contributed by atoms with Gasteiger partial charge in [0.05, 0.1) is 5.69 Å². The second kappa shape index (κ2) is 8.35. The zero-order valence-electron chi connectivity index (χ0n) is 16.9. The van der Waals surface area contributed by atoms with Gasteiger partial charge in [-0.05, 0) is 42.7 Å². The second-order valence-electron chi connectivity index (χ2n) is 7.35. The Morgan fingerprint density at radius 1 is 1.03 bits per heavy atom. The van der Waals surface area contributed by atoms with E-state index in [4.69, 9.17) is 0 Å². The maximum absolute atomic E-state index is 13.1. The normalized spacial score (nSPS) is 13.2.